The van der Waals surface area contributed by atoms with Crippen molar-refractivity contribution >= 4 is 5.91 Å². The van der Waals surface area contributed by atoms with Crippen LogP contribution < -0.4 is 0 Å². The number of likely N-dealkylation sites (tertiary alicyclic amines) is 1. The topological polar surface area (TPSA) is 20.3 Å². The van der Waals surface area contributed by atoms with Gasteiger partial charge in [0.05, 0.1) is 0 Å². The van der Waals surface area contributed by atoms with Gasteiger partial charge in [0.1, 0.15) is 0 Å². The SMILES string of the molecule is C[C@@H]1CCCCN1C(=O)C[C@@H]1C[C@H]2CC[C@H]1C2. The standard InChI is InChI=1S/C15H25NO/c1-11-4-2-3-7-16(11)15(17)10-14-9-12-5-6-13(14)8-12/h11-14H,2-10H2,1H3/t11-,12+,13+,14+/m1/s1. The predicted molar refractivity (Wildman–Crippen MR) is 68.6 cm³/mol. The molecule has 1 saturated heterocycles. The second kappa shape index (κ2) is 4.62. The summed E-state index contributed by atoms with van der Waals surface area (Å²) in [6, 6.07) is 0.495. The van der Waals surface area contributed by atoms with E-state index < -0.39 is 0 Å². The number of amides is 1. The molecule has 2 bridgehead atoms. The zero-order valence-corrected chi connectivity index (χ0v) is 11.0. The van der Waals surface area contributed by atoms with Gasteiger partial charge in [-0.3, -0.25) is 4.79 Å². The summed E-state index contributed by atoms with van der Waals surface area (Å²) in [7, 11) is 0. The first-order valence-electron chi connectivity index (χ1n) is 7.53. The van der Waals surface area contributed by atoms with Crippen LogP contribution in [0.4, 0.5) is 0 Å². The third-order valence-corrected chi connectivity index (χ3v) is 5.44. The van der Waals surface area contributed by atoms with Crippen molar-refractivity contribution in [1.82, 2.24) is 4.90 Å². The molecule has 2 aliphatic carbocycles. The van der Waals surface area contributed by atoms with Crippen molar-refractivity contribution in [2.75, 3.05) is 6.54 Å². The zero-order valence-electron chi connectivity index (χ0n) is 11.0. The summed E-state index contributed by atoms with van der Waals surface area (Å²) >= 11 is 0. The molecule has 4 atom stereocenters. The van der Waals surface area contributed by atoms with Crippen LogP contribution in [0.1, 0.15) is 58.3 Å². The first-order valence-corrected chi connectivity index (χ1v) is 7.53. The van der Waals surface area contributed by atoms with Gasteiger partial charge in [-0.25, -0.2) is 0 Å². The molecule has 0 aromatic carbocycles. The van der Waals surface area contributed by atoms with E-state index in [1.165, 1.54) is 44.9 Å². The van der Waals surface area contributed by atoms with E-state index >= 15 is 0 Å². The molecule has 0 aromatic heterocycles. The smallest absolute Gasteiger partial charge is 0.223 e. The van der Waals surface area contributed by atoms with Crippen LogP contribution in [0.25, 0.3) is 0 Å². The molecule has 0 N–H and O–H groups in total. The van der Waals surface area contributed by atoms with E-state index in [1.807, 2.05) is 0 Å². The fraction of sp³-hybridized carbons (Fsp3) is 0.933. The molecule has 0 aromatic rings. The third-order valence-electron chi connectivity index (χ3n) is 5.44. The molecule has 3 fully saturated rings. The molecule has 17 heavy (non-hydrogen) atoms. The number of hydrogen-bond donors (Lipinski definition) is 0. The Kier molecular flexibility index (Phi) is 3.14. The van der Waals surface area contributed by atoms with Crippen LogP contribution in [0, 0.1) is 17.8 Å². The molecule has 0 spiro atoms. The first-order chi connectivity index (χ1) is 8.24. The highest BCUT2D eigenvalue weighted by atomic mass is 16.2. The fourth-order valence-electron chi connectivity index (χ4n) is 4.44. The quantitative estimate of drug-likeness (QED) is 0.719. The van der Waals surface area contributed by atoms with Gasteiger partial charge in [0.15, 0.2) is 0 Å². The van der Waals surface area contributed by atoms with Gasteiger partial charge in [0.2, 0.25) is 5.91 Å². The first kappa shape index (κ1) is 11.6. The summed E-state index contributed by atoms with van der Waals surface area (Å²) < 4.78 is 0. The summed E-state index contributed by atoms with van der Waals surface area (Å²) in [6.45, 7) is 3.23. The minimum atomic E-state index is 0.453. The molecular weight excluding hydrogens is 210 g/mol. The molecule has 0 radical (unpaired) electrons. The lowest BCUT2D eigenvalue weighted by molar-refractivity contribution is -0.135. The van der Waals surface area contributed by atoms with E-state index in [4.69, 9.17) is 0 Å². The predicted octanol–water partition coefficient (Wildman–Crippen LogP) is 3.21. The molecular formula is C15H25NO. The molecule has 96 valence electrons. The van der Waals surface area contributed by atoms with Gasteiger partial charge in [0, 0.05) is 19.0 Å². The molecule has 1 amide bonds. The number of hydrogen-bond acceptors (Lipinski definition) is 1. The van der Waals surface area contributed by atoms with Gasteiger partial charge in [-0.15, -0.1) is 0 Å². The number of piperidine rings is 1. The van der Waals surface area contributed by atoms with Crippen molar-refractivity contribution in [1.29, 1.82) is 0 Å². The lowest BCUT2D eigenvalue weighted by atomic mass is 9.86. The van der Waals surface area contributed by atoms with Crippen molar-refractivity contribution in [2.24, 2.45) is 17.8 Å². The largest absolute Gasteiger partial charge is 0.340 e. The number of carbonyl (C=O) groups is 1. The average molecular weight is 235 g/mol. The second-order valence-electron chi connectivity index (χ2n) is 6.57. The Bertz CT molecular complexity index is 301. The van der Waals surface area contributed by atoms with Crippen LogP contribution in [-0.2, 0) is 4.79 Å². The van der Waals surface area contributed by atoms with Crippen molar-refractivity contribution in [3.63, 3.8) is 0 Å². The van der Waals surface area contributed by atoms with E-state index in [9.17, 15) is 4.79 Å². The second-order valence-corrected chi connectivity index (χ2v) is 6.57. The van der Waals surface area contributed by atoms with Crippen LogP contribution in [0.2, 0.25) is 0 Å². The van der Waals surface area contributed by atoms with Crippen molar-refractivity contribution in [3.05, 3.63) is 0 Å². The Balaban J connectivity index is 1.56. The van der Waals surface area contributed by atoms with Crippen LogP contribution in [-0.4, -0.2) is 23.4 Å². The van der Waals surface area contributed by atoms with Crippen molar-refractivity contribution in [2.45, 2.75) is 64.3 Å². The normalized spacial score (nSPS) is 40.9. The third kappa shape index (κ3) is 2.23. The minimum absolute atomic E-state index is 0.453. The van der Waals surface area contributed by atoms with Crippen LogP contribution >= 0.6 is 0 Å². The number of nitrogens with zero attached hydrogens (tertiary/aromatic N) is 1. The van der Waals surface area contributed by atoms with Gasteiger partial charge in [-0.2, -0.15) is 0 Å². The highest BCUT2D eigenvalue weighted by Gasteiger charge is 2.41. The van der Waals surface area contributed by atoms with Gasteiger partial charge >= 0.3 is 0 Å². The number of fused-ring (bicyclic) bond motifs is 2. The summed E-state index contributed by atoms with van der Waals surface area (Å²) in [4.78, 5) is 14.5. The molecule has 1 aliphatic heterocycles. The van der Waals surface area contributed by atoms with Crippen molar-refractivity contribution in [3.8, 4) is 0 Å². The van der Waals surface area contributed by atoms with E-state index in [0.29, 0.717) is 11.9 Å². The number of rotatable bonds is 2. The van der Waals surface area contributed by atoms with Crippen molar-refractivity contribution < 1.29 is 4.79 Å². The van der Waals surface area contributed by atoms with E-state index in [-0.39, 0.29) is 0 Å². The maximum Gasteiger partial charge on any atom is 0.223 e. The van der Waals surface area contributed by atoms with Gasteiger partial charge in [-0.1, -0.05) is 6.42 Å². The molecule has 3 rings (SSSR count). The number of carbonyl (C=O) groups excluding carboxylic acids is 1. The zero-order chi connectivity index (χ0) is 11.8. The summed E-state index contributed by atoms with van der Waals surface area (Å²) in [5.41, 5.74) is 0. The van der Waals surface area contributed by atoms with Gasteiger partial charge < -0.3 is 4.90 Å². The van der Waals surface area contributed by atoms with E-state index in [2.05, 4.69) is 11.8 Å². The monoisotopic (exact) mass is 235 g/mol. The molecule has 2 nitrogen and oxygen atoms in total. The lowest BCUT2D eigenvalue weighted by Gasteiger charge is -2.35. The van der Waals surface area contributed by atoms with Crippen LogP contribution in [0.3, 0.4) is 0 Å². The van der Waals surface area contributed by atoms with Gasteiger partial charge in [0.25, 0.3) is 0 Å². The highest BCUT2D eigenvalue weighted by molar-refractivity contribution is 5.77. The van der Waals surface area contributed by atoms with Crippen LogP contribution in [0.15, 0.2) is 0 Å². The lowest BCUT2D eigenvalue weighted by Crippen LogP contribution is -2.42. The van der Waals surface area contributed by atoms with E-state index in [1.54, 1.807) is 0 Å². The maximum atomic E-state index is 12.4. The Hall–Kier alpha value is -0.530. The molecule has 2 saturated carbocycles. The van der Waals surface area contributed by atoms with E-state index in [0.717, 1.165) is 30.7 Å². The fourth-order valence-corrected chi connectivity index (χ4v) is 4.44. The molecule has 0 unspecified atom stereocenters. The average Bonchev–Trinajstić information content (AvgIpc) is 2.91. The van der Waals surface area contributed by atoms with Gasteiger partial charge in [-0.05, 0) is 63.2 Å². The Morgan fingerprint density at radius 3 is 2.71 bits per heavy atom. The Morgan fingerprint density at radius 1 is 1.18 bits per heavy atom. The summed E-state index contributed by atoms with van der Waals surface area (Å²) in [5.74, 6) is 3.05. The summed E-state index contributed by atoms with van der Waals surface area (Å²) in [6.07, 6.45) is 10.2. The highest BCUT2D eigenvalue weighted by Crippen LogP contribution is 2.49. The molecule has 2 heteroatoms. The maximum absolute atomic E-state index is 12.4. The Labute approximate surface area is 105 Å². The molecule has 3 aliphatic rings. The summed E-state index contributed by atoms with van der Waals surface area (Å²) in [5, 5.41) is 0. The van der Waals surface area contributed by atoms with Crippen LogP contribution in [0.5, 0.6) is 0 Å². The molecule has 1 heterocycles. The minimum Gasteiger partial charge on any atom is -0.340 e. The Morgan fingerprint density at radius 2 is 2.06 bits per heavy atom.